The Kier molecular flexibility index (Phi) is 6.72. The molecule has 0 radical (unpaired) electrons. The van der Waals surface area contributed by atoms with Crippen LogP contribution in [0.15, 0.2) is 47.2 Å². The smallest absolute Gasteiger partial charge is 0.333 e. The monoisotopic (exact) mass is 443 g/mol. The molecule has 158 valence electrons. The van der Waals surface area contributed by atoms with Crippen LogP contribution in [0.25, 0.3) is 20.4 Å². The molecule has 1 aromatic carbocycles. The Morgan fingerprint density at radius 3 is 2.30 bits per heavy atom. The summed E-state index contributed by atoms with van der Waals surface area (Å²) in [4.78, 5) is 14.0. The molecular weight excluding hydrogens is 418 g/mol. The Morgan fingerprint density at radius 1 is 1.03 bits per heavy atom. The highest BCUT2D eigenvalue weighted by Crippen LogP contribution is 2.35. The van der Waals surface area contributed by atoms with Gasteiger partial charge in [0.25, 0.3) is 0 Å². The van der Waals surface area contributed by atoms with Crippen LogP contribution in [0.4, 0.5) is 0 Å². The predicted molar refractivity (Wildman–Crippen MR) is 123 cm³/mol. The number of nitrogens with zero attached hydrogens (tertiary/aromatic N) is 1. The topological polar surface area (TPSA) is 60.7 Å². The Balaban J connectivity index is 1.30. The van der Waals surface area contributed by atoms with Gasteiger partial charge in [-0.15, -0.1) is 22.7 Å². The first-order valence-corrected chi connectivity index (χ1v) is 11.9. The second-order valence-electron chi connectivity index (χ2n) is 7.18. The van der Waals surface area contributed by atoms with E-state index in [4.69, 9.17) is 9.47 Å². The predicted octanol–water partition coefficient (Wildman–Crippen LogP) is 5.81. The SMILES string of the molecule is CCCOC(Cc1ccc(OCCCn2c3sccc3c3ccsc32)cc1)C(=O)O. The number of ether oxygens (including phenoxy) is 2. The number of hydrogen-bond acceptors (Lipinski definition) is 5. The Labute approximate surface area is 183 Å². The first kappa shape index (κ1) is 20.9. The maximum absolute atomic E-state index is 11.3. The number of carbonyl (C=O) groups is 1. The summed E-state index contributed by atoms with van der Waals surface area (Å²) in [5.74, 6) is -0.122. The van der Waals surface area contributed by atoms with Crippen LogP contribution in [0.3, 0.4) is 0 Å². The van der Waals surface area contributed by atoms with E-state index in [0.29, 0.717) is 19.6 Å². The molecule has 1 atom stereocenters. The number of carboxylic acids is 1. The first-order valence-electron chi connectivity index (χ1n) is 10.2. The number of aryl methyl sites for hydroxylation is 1. The third kappa shape index (κ3) is 4.53. The fourth-order valence-corrected chi connectivity index (χ4v) is 5.51. The third-order valence-electron chi connectivity index (χ3n) is 5.01. The van der Waals surface area contributed by atoms with E-state index in [-0.39, 0.29) is 0 Å². The van der Waals surface area contributed by atoms with Crippen LogP contribution in [0.5, 0.6) is 5.75 Å². The van der Waals surface area contributed by atoms with Crippen molar-refractivity contribution in [3.05, 3.63) is 52.7 Å². The maximum Gasteiger partial charge on any atom is 0.333 e. The van der Waals surface area contributed by atoms with Crippen LogP contribution in [0.1, 0.15) is 25.3 Å². The normalized spacial score (nSPS) is 12.6. The fourth-order valence-electron chi connectivity index (χ4n) is 3.55. The summed E-state index contributed by atoms with van der Waals surface area (Å²) in [6, 6.07) is 12.0. The van der Waals surface area contributed by atoms with Gasteiger partial charge >= 0.3 is 5.97 Å². The van der Waals surface area contributed by atoms with Gasteiger partial charge in [-0.25, -0.2) is 4.79 Å². The van der Waals surface area contributed by atoms with Crippen molar-refractivity contribution in [2.75, 3.05) is 13.2 Å². The molecule has 0 fully saturated rings. The summed E-state index contributed by atoms with van der Waals surface area (Å²) >= 11 is 3.58. The molecule has 5 nitrogen and oxygen atoms in total. The average molecular weight is 444 g/mol. The number of carboxylic acid groups (broad SMARTS) is 1. The quantitative estimate of drug-likeness (QED) is 0.297. The van der Waals surface area contributed by atoms with E-state index in [9.17, 15) is 9.90 Å². The van der Waals surface area contributed by atoms with Gasteiger partial charge in [-0.2, -0.15) is 0 Å². The molecular formula is C23H25NO4S2. The van der Waals surface area contributed by atoms with Crippen molar-refractivity contribution < 1.29 is 19.4 Å². The Hall–Kier alpha value is -2.35. The summed E-state index contributed by atoms with van der Waals surface area (Å²) in [5.41, 5.74) is 0.929. The summed E-state index contributed by atoms with van der Waals surface area (Å²) in [7, 11) is 0. The molecule has 0 aliphatic rings. The van der Waals surface area contributed by atoms with Gasteiger partial charge in [0.15, 0.2) is 6.10 Å². The van der Waals surface area contributed by atoms with E-state index in [1.165, 1.54) is 20.4 Å². The molecule has 0 saturated heterocycles. The van der Waals surface area contributed by atoms with Crippen LogP contribution < -0.4 is 4.74 Å². The van der Waals surface area contributed by atoms with Crippen LogP contribution in [0, 0.1) is 0 Å². The molecule has 1 N–H and O–H groups in total. The maximum atomic E-state index is 11.3. The zero-order valence-electron chi connectivity index (χ0n) is 16.9. The van der Waals surface area contributed by atoms with Crippen molar-refractivity contribution in [2.24, 2.45) is 0 Å². The molecule has 3 aromatic heterocycles. The van der Waals surface area contributed by atoms with Crippen LogP contribution in [0.2, 0.25) is 0 Å². The molecule has 4 aromatic rings. The molecule has 0 bridgehead atoms. The third-order valence-corrected chi connectivity index (χ3v) is 6.88. The van der Waals surface area contributed by atoms with E-state index in [2.05, 4.69) is 27.5 Å². The van der Waals surface area contributed by atoms with E-state index in [1.807, 2.05) is 31.2 Å². The molecule has 0 saturated carbocycles. The highest BCUT2D eigenvalue weighted by molar-refractivity contribution is 7.19. The van der Waals surface area contributed by atoms with Crippen molar-refractivity contribution in [1.82, 2.24) is 4.57 Å². The van der Waals surface area contributed by atoms with E-state index < -0.39 is 12.1 Å². The number of fused-ring (bicyclic) bond motifs is 3. The van der Waals surface area contributed by atoms with Gasteiger partial charge in [0.05, 0.1) is 6.61 Å². The number of thiophene rings is 2. The van der Waals surface area contributed by atoms with E-state index in [1.54, 1.807) is 22.7 Å². The van der Waals surface area contributed by atoms with Crippen molar-refractivity contribution in [3.8, 4) is 5.75 Å². The second kappa shape index (κ2) is 9.64. The standard InChI is InChI=1S/C23H25NO4S2/c1-2-11-28-20(23(25)26)15-16-4-6-17(7-5-16)27-12-3-10-24-21-18(8-13-29-21)19-9-14-30-22(19)24/h4-9,13-14,20H,2-3,10-12,15H2,1H3,(H,25,26). The van der Waals surface area contributed by atoms with Crippen molar-refractivity contribution >= 4 is 49.1 Å². The molecule has 0 spiro atoms. The highest BCUT2D eigenvalue weighted by Gasteiger charge is 2.18. The molecule has 0 aliphatic heterocycles. The van der Waals surface area contributed by atoms with E-state index >= 15 is 0 Å². The lowest BCUT2D eigenvalue weighted by molar-refractivity contribution is -0.150. The van der Waals surface area contributed by atoms with Gasteiger partial charge in [-0.3, -0.25) is 0 Å². The number of aromatic nitrogens is 1. The van der Waals surface area contributed by atoms with Crippen molar-refractivity contribution in [2.45, 2.75) is 38.8 Å². The lowest BCUT2D eigenvalue weighted by atomic mass is 10.1. The summed E-state index contributed by atoms with van der Waals surface area (Å²) < 4.78 is 13.7. The minimum Gasteiger partial charge on any atom is -0.494 e. The molecule has 0 aliphatic carbocycles. The van der Waals surface area contributed by atoms with Gasteiger partial charge in [-0.05, 0) is 53.4 Å². The van der Waals surface area contributed by atoms with Gasteiger partial charge < -0.3 is 19.1 Å². The van der Waals surface area contributed by atoms with Crippen LogP contribution in [-0.4, -0.2) is 35.0 Å². The molecule has 4 rings (SSSR count). The molecule has 1 unspecified atom stereocenters. The summed E-state index contributed by atoms with van der Waals surface area (Å²) in [6.07, 6.45) is 1.27. The van der Waals surface area contributed by atoms with Crippen LogP contribution in [-0.2, 0) is 22.5 Å². The highest BCUT2D eigenvalue weighted by atomic mass is 32.1. The number of rotatable bonds is 11. The Morgan fingerprint density at radius 2 is 1.70 bits per heavy atom. The molecule has 30 heavy (non-hydrogen) atoms. The van der Waals surface area contributed by atoms with Crippen molar-refractivity contribution in [3.63, 3.8) is 0 Å². The lowest BCUT2D eigenvalue weighted by Crippen LogP contribution is -2.26. The minimum absolute atomic E-state index is 0.358. The van der Waals surface area contributed by atoms with E-state index in [0.717, 1.165) is 30.7 Å². The number of benzene rings is 1. The lowest BCUT2D eigenvalue weighted by Gasteiger charge is -2.13. The van der Waals surface area contributed by atoms with Gasteiger partial charge in [0, 0.05) is 30.3 Å². The number of hydrogen-bond donors (Lipinski definition) is 1. The fraction of sp³-hybridized carbons (Fsp3) is 0.348. The van der Waals surface area contributed by atoms with Gasteiger partial charge in [-0.1, -0.05) is 19.1 Å². The molecule has 3 heterocycles. The molecule has 7 heteroatoms. The largest absolute Gasteiger partial charge is 0.494 e. The van der Waals surface area contributed by atoms with Crippen molar-refractivity contribution in [1.29, 1.82) is 0 Å². The van der Waals surface area contributed by atoms with Gasteiger partial charge in [0.2, 0.25) is 0 Å². The van der Waals surface area contributed by atoms with Crippen LogP contribution >= 0.6 is 22.7 Å². The second-order valence-corrected chi connectivity index (χ2v) is 8.97. The average Bonchev–Trinajstić information content (AvgIpc) is 3.45. The Bertz CT molecular complexity index is 1060. The first-order chi connectivity index (χ1) is 14.7. The minimum atomic E-state index is -0.923. The summed E-state index contributed by atoms with van der Waals surface area (Å²) in [5, 5.41) is 16.3. The number of aliphatic carboxylic acids is 1. The summed E-state index contributed by atoms with van der Waals surface area (Å²) in [6.45, 7) is 3.98. The molecule has 0 amide bonds. The van der Waals surface area contributed by atoms with Gasteiger partial charge in [0.1, 0.15) is 15.4 Å². The zero-order valence-corrected chi connectivity index (χ0v) is 18.5. The zero-order chi connectivity index (χ0) is 20.9.